The van der Waals surface area contributed by atoms with Crippen LogP contribution in [-0.2, 0) is 5.41 Å². The number of rotatable bonds is 2. The molecule has 0 bridgehead atoms. The van der Waals surface area contributed by atoms with Crippen LogP contribution in [0.15, 0.2) is 54.9 Å². The standard InChI is InChI=1S/C19H19N3O/c1-19(2,3)17-9-8-14(11-21-17)18(23)22-15-10-13-6-4-5-7-16(13)20-12-15/h4-12H,1-3H3,(H,22,23). The number of benzene rings is 1. The van der Waals surface area contributed by atoms with E-state index in [4.69, 9.17) is 0 Å². The van der Waals surface area contributed by atoms with Crippen molar-refractivity contribution in [1.82, 2.24) is 9.97 Å². The normalized spacial score (nSPS) is 11.4. The fourth-order valence-corrected chi connectivity index (χ4v) is 2.31. The Morgan fingerprint density at radius 1 is 1.00 bits per heavy atom. The van der Waals surface area contributed by atoms with Crippen LogP contribution in [0.5, 0.6) is 0 Å². The van der Waals surface area contributed by atoms with Gasteiger partial charge < -0.3 is 5.32 Å². The van der Waals surface area contributed by atoms with Crippen molar-refractivity contribution in [2.45, 2.75) is 26.2 Å². The molecule has 1 aromatic carbocycles. The second kappa shape index (κ2) is 5.80. The van der Waals surface area contributed by atoms with Crippen molar-refractivity contribution in [3.63, 3.8) is 0 Å². The molecule has 0 aliphatic heterocycles. The third-order valence-electron chi connectivity index (χ3n) is 3.64. The van der Waals surface area contributed by atoms with Crippen LogP contribution in [0.2, 0.25) is 0 Å². The minimum atomic E-state index is -0.185. The smallest absolute Gasteiger partial charge is 0.257 e. The fourth-order valence-electron chi connectivity index (χ4n) is 2.31. The Kier molecular flexibility index (Phi) is 3.82. The second-order valence-electron chi connectivity index (χ2n) is 6.55. The number of carbonyl (C=O) groups excluding carboxylic acids is 1. The Balaban J connectivity index is 1.80. The maximum atomic E-state index is 12.3. The third-order valence-corrected chi connectivity index (χ3v) is 3.64. The number of nitrogens with one attached hydrogen (secondary N) is 1. The van der Waals surface area contributed by atoms with Crippen molar-refractivity contribution >= 4 is 22.5 Å². The maximum Gasteiger partial charge on any atom is 0.257 e. The zero-order valence-electron chi connectivity index (χ0n) is 13.5. The van der Waals surface area contributed by atoms with Crippen LogP contribution in [0.25, 0.3) is 10.9 Å². The van der Waals surface area contributed by atoms with Gasteiger partial charge in [-0.1, -0.05) is 39.0 Å². The Hall–Kier alpha value is -2.75. The molecule has 0 fully saturated rings. The Morgan fingerprint density at radius 2 is 1.78 bits per heavy atom. The molecule has 0 atom stereocenters. The van der Waals surface area contributed by atoms with Gasteiger partial charge in [-0.3, -0.25) is 14.8 Å². The highest BCUT2D eigenvalue weighted by Crippen LogP contribution is 2.20. The zero-order chi connectivity index (χ0) is 16.4. The Labute approximate surface area is 135 Å². The average Bonchev–Trinajstić information content (AvgIpc) is 2.54. The van der Waals surface area contributed by atoms with Crippen molar-refractivity contribution in [3.05, 3.63) is 66.1 Å². The number of aromatic nitrogens is 2. The number of nitrogens with zero attached hydrogens (tertiary/aromatic N) is 2. The van der Waals surface area contributed by atoms with Crippen LogP contribution in [0.4, 0.5) is 5.69 Å². The molecule has 23 heavy (non-hydrogen) atoms. The lowest BCUT2D eigenvalue weighted by Crippen LogP contribution is -2.16. The summed E-state index contributed by atoms with van der Waals surface area (Å²) >= 11 is 0. The molecule has 0 spiro atoms. The van der Waals surface area contributed by atoms with E-state index in [0.29, 0.717) is 11.3 Å². The fraction of sp³-hybridized carbons (Fsp3) is 0.211. The van der Waals surface area contributed by atoms with E-state index < -0.39 is 0 Å². The highest BCUT2D eigenvalue weighted by Gasteiger charge is 2.16. The molecule has 0 radical (unpaired) electrons. The molecule has 4 heteroatoms. The number of anilines is 1. The van der Waals surface area contributed by atoms with Gasteiger partial charge in [0.25, 0.3) is 5.91 Å². The van der Waals surface area contributed by atoms with E-state index in [1.54, 1.807) is 18.5 Å². The number of hydrogen-bond donors (Lipinski definition) is 1. The van der Waals surface area contributed by atoms with E-state index in [9.17, 15) is 4.79 Å². The largest absolute Gasteiger partial charge is 0.321 e. The first-order valence-electron chi connectivity index (χ1n) is 7.56. The summed E-state index contributed by atoms with van der Waals surface area (Å²) < 4.78 is 0. The van der Waals surface area contributed by atoms with Gasteiger partial charge in [0.2, 0.25) is 0 Å². The monoisotopic (exact) mass is 305 g/mol. The Bertz CT molecular complexity index is 848. The lowest BCUT2D eigenvalue weighted by molar-refractivity contribution is 0.102. The molecule has 3 aromatic rings. The van der Waals surface area contributed by atoms with Gasteiger partial charge in [-0.2, -0.15) is 0 Å². The molecule has 0 unspecified atom stereocenters. The SMILES string of the molecule is CC(C)(C)c1ccc(C(=O)Nc2cnc3ccccc3c2)cn1. The first-order valence-corrected chi connectivity index (χ1v) is 7.56. The summed E-state index contributed by atoms with van der Waals surface area (Å²) in [6.45, 7) is 6.28. The minimum absolute atomic E-state index is 0.0305. The molecule has 116 valence electrons. The number of carbonyl (C=O) groups is 1. The first-order chi connectivity index (χ1) is 10.9. The maximum absolute atomic E-state index is 12.3. The van der Waals surface area contributed by atoms with E-state index in [0.717, 1.165) is 16.6 Å². The van der Waals surface area contributed by atoms with Crippen LogP contribution in [0, 0.1) is 0 Å². The van der Waals surface area contributed by atoms with Gasteiger partial charge in [0, 0.05) is 22.7 Å². The van der Waals surface area contributed by atoms with E-state index in [1.807, 2.05) is 36.4 Å². The lowest BCUT2D eigenvalue weighted by atomic mass is 9.91. The van der Waals surface area contributed by atoms with Crippen LogP contribution in [0.1, 0.15) is 36.8 Å². The van der Waals surface area contributed by atoms with Gasteiger partial charge in [0.05, 0.1) is 23.0 Å². The number of amides is 1. The molecule has 0 aliphatic rings. The number of fused-ring (bicyclic) bond motifs is 1. The molecule has 1 amide bonds. The topological polar surface area (TPSA) is 54.9 Å². The summed E-state index contributed by atoms with van der Waals surface area (Å²) in [4.78, 5) is 21.1. The molecule has 0 aliphatic carbocycles. The van der Waals surface area contributed by atoms with Gasteiger partial charge in [-0.05, 0) is 24.3 Å². The Morgan fingerprint density at radius 3 is 2.48 bits per heavy atom. The summed E-state index contributed by atoms with van der Waals surface area (Å²) in [5, 5.41) is 3.86. The quantitative estimate of drug-likeness (QED) is 0.772. The van der Waals surface area contributed by atoms with Gasteiger partial charge in [0.1, 0.15) is 0 Å². The van der Waals surface area contributed by atoms with Gasteiger partial charge in [0.15, 0.2) is 0 Å². The van der Waals surface area contributed by atoms with Crippen LogP contribution >= 0.6 is 0 Å². The van der Waals surface area contributed by atoms with Crippen molar-refractivity contribution in [2.75, 3.05) is 5.32 Å². The third kappa shape index (κ3) is 3.37. The molecule has 0 saturated heterocycles. The number of para-hydroxylation sites is 1. The number of pyridine rings is 2. The second-order valence-corrected chi connectivity index (χ2v) is 6.55. The van der Waals surface area contributed by atoms with Crippen LogP contribution < -0.4 is 5.32 Å². The molecule has 3 rings (SSSR count). The predicted octanol–water partition coefficient (Wildman–Crippen LogP) is 4.18. The van der Waals surface area contributed by atoms with Gasteiger partial charge in [-0.25, -0.2) is 0 Å². The average molecular weight is 305 g/mol. The highest BCUT2D eigenvalue weighted by atomic mass is 16.1. The van der Waals surface area contributed by atoms with E-state index >= 15 is 0 Å². The zero-order valence-corrected chi connectivity index (χ0v) is 13.5. The summed E-state index contributed by atoms with van der Waals surface area (Å²) in [7, 11) is 0. The lowest BCUT2D eigenvalue weighted by Gasteiger charge is -2.17. The van der Waals surface area contributed by atoms with Crippen LogP contribution in [-0.4, -0.2) is 15.9 Å². The highest BCUT2D eigenvalue weighted by molar-refractivity contribution is 6.04. The predicted molar refractivity (Wildman–Crippen MR) is 92.6 cm³/mol. The molecular formula is C19H19N3O. The van der Waals surface area contributed by atoms with E-state index in [2.05, 4.69) is 36.1 Å². The molecule has 4 nitrogen and oxygen atoms in total. The summed E-state index contributed by atoms with van der Waals surface area (Å²) in [5.74, 6) is -0.185. The molecule has 0 saturated carbocycles. The van der Waals surface area contributed by atoms with E-state index in [-0.39, 0.29) is 11.3 Å². The summed E-state index contributed by atoms with van der Waals surface area (Å²) in [6, 6.07) is 13.4. The van der Waals surface area contributed by atoms with Gasteiger partial charge in [-0.15, -0.1) is 0 Å². The van der Waals surface area contributed by atoms with Gasteiger partial charge >= 0.3 is 0 Å². The van der Waals surface area contributed by atoms with Crippen molar-refractivity contribution in [2.24, 2.45) is 0 Å². The molecule has 2 aromatic heterocycles. The number of hydrogen-bond acceptors (Lipinski definition) is 3. The molecule has 1 N–H and O–H groups in total. The first kappa shape index (κ1) is 15.2. The minimum Gasteiger partial charge on any atom is -0.321 e. The summed E-state index contributed by atoms with van der Waals surface area (Å²) in [6.07, 6.45) is 3.28. The van der Waals surface area contributed by atoms with Crippen molar-refractivity contribution in [3.8, 4) is 0 Å². The van der Waals surface area contributed by atoms with Crippen LogP contribution in [0.3, 0.4) is 0 Å². The van der Waals surface area contributed by atoms with Crippen molar-refractivity contribution in [1.29, 1.82) is 0 Å². The van der Waals surface area contributed by atoms with Crippen molar-refractivity contribution < 1.29 is 4.79 Å². The molecular weight excluding hydrogens is 286 g/mol. The van der Waals surface area contributed by atoms with E-state index in [1.165, 1.54) is 0 Å². The molecule has 2 heterocycles. The summed E-state index contributed by atoms with van der Waals surface area (Å²) in [5.41, 5.74) is 3.04.